The number of hydrogen-bond acceptors (Lipinski definition) is 4. The van der Waals surface area contributed by atoms with Crippen LogP contribution in [0.3, 0.4) is 0 Å². The predicted molar refractivity (Wildman–Crippen MR) is 115 cm³/mol. The zero-order valence-corrected chi connectivity index (χ0v) is 17.3. The standard InChI is InChI=1S/C22H25ClN4O2/c1-3-27-19-12-16(29-2)9-8-15(19)10-20(27)18-13-21(26-25-18)24-22(28)11-14-6-4-5-7-17(14)23/h4-10,12,18,21,25-26H,3,11,13H2,1-2H3,(H,24,28). The molecule has 7 heteroatoms. The van der Waals surface area contributed by atoms with Crippen molar-refractivity contribution in [3.63, 3.8) is 0 Å². The fourth-order valence-electron chi connectivity index (χ4n) is 3.93. The molecule has 1 aliphatic rings. The number of nitrogens with one attached hydrogen (secondary N) is 3. The molecule has 2 aromatic carbocycles. The van der Waals surface area contributed by atoms with Gasteiger partial charge in [-0.05, 0) is 36.8 Å². The van der Waals surface area contributed by atoms with Crippen LogP contribution in [0.15, 0.2) is 48.5 Å². The molecule has 1 saturated heterocycles. The van der Waals surface area contributed by atoms with Crippen LogP contribution >= 0.6 is 11.6 Å². The van der Waals surface area contributed by atoms with Gasteiger partial charge < -0.3 is 14.6 Å². The first-order chi connectivity index (χ1) is 14.1. The van der Waals surface area contributed by atoms with Gasteiger partial charge in [0.15, 0.2) is 0 Å². The van der Waals surface area contributed by atoms with Gasteiger partial charge in [0.1, 0.15) is 5.75 Å². The summed E-state index contributed by atoms with van der Waals surface area (Å²) in [5.41, 5.74) is 9.69. The number of halogens is 1. The molecule has 2 unspecified atom stereocenters. The highest BCUT2D eigenvalue weighted by molar-refractivity contribution is 6.31. The van der Waals surface area contributed by atoms with Crippen molar-refractivity contribution in [1.82, 2.24) is 20.7 Å². The Morgan fingerprint density at radius 1 is 1.24 bits per heavy atom. The molecule has 4 rings (SSSR count). The van der Waals surface area contributed by atoms with Crippen molar-refractivity contribution in [2.75, 3.05) is 7.11 Å². The molecule has 0 radical (unpaired) electrons. The van der Waals surface area contributed by atoms with E-state index in [0.29, 0.717) is 5.02 Å². The zero-order valence-electron chi connectivity index (χ0n) is 16.5. The summed E-state index contributed by atoms with van der Waals surface area (Å²) in [6.07, 6.45) is 0.868. The number of carbonyl (C=O) groups excluding carboxylic acids is 1. The number of carbonyl (C=O) groups is 1. The first kappa shape index (κ1) is 19.8. The van der Waals surface area contributed by atoms with E-state index in [-0.39, 0.29) is 24.5 Å². The van der Waals surface area contributed by atoms with Crippen LogP contribution < -0.4 is 20.9 Å². The molecule has 3 N–H and O–H groups in total. The lowest BCUT2D eigenvalue weighted by atomic mass is 10.1. The van der Waals surface area contributed by atoms with Gasteiger partial charge in [-0.1, -0.05) is 29.8 Å². The third-order valence-electron chi connectivity index (χ3n) is 5.36. The van der Waals surface area contributed by atoms with Crippen molar-refractivity contribution in [3.05, 3.63) is 64.8 Å². The fourth-order valence-corrected chi connectivity index (χ4v) is 4.13. The van der Waals surface area contributed by atoms with Crippen LogP contribution in [-0.2, 0) is 17.8 Å². The number of aromatic nitrogens is 1. The second kappa shape index (κ2) is 8.45. The Morgan fingerprint density at radius 3 is 2.83 bits per heavy atom. The number of rotatable bonds is 6. The van der Waals surface area contributed by atoms with Gasteiger partial charge in [-0.3, -0.25) is 4.79 Å². The van der Waals surface area contributed by atoms with Gasteiger partial charge in [-0.2, -0.15) is 0 Å². The van der Waals surface area contributed by atoms with E-state index >= 15 is 0 Å². The number of hydrazine groups is 1. The fraction of sp³-hybridized carbons (Fsp3) is 0.318. The molecule has 1 aromatic heterocycles. The van der Waals surface area contributed by atoms with Gasteiger partial charge in [0.05, 0.1) is 31.3 Å². The summed E-state index contributed by atoms with van der Waals surface area (Å²) in [5, 5.41) is 4.83. The van der Waals surface area contributed by atoms with Gasteiger partial charge in [0.25, 0.3) is 0 Å². The molecule has 0 saturated carbocycles. The van der Waals surface area contributed by atoms with E-state index in [1.807, 2.05) is 24.3 Å². The maximum atomic E-state index is 12.4. The summed E-state index contributed by atoms with van der Waals surface area (Å²) >= 11 is 6.16. The molecule has 29 heavy (non-hydrogen) atoms. The third kappa shape index (κ3) is 4.10. The van der Waals surface area contributed by atoms with Crippen LogP contribution in [-0.4, -0.2) is 23.7 Å². The number of methoxy groups -OCH3 is 1. The second-order valence-corrected chi connectivity index (χ2v) is 7.61. The molecular formula is C22H25ClN4O2. The van der Waals surface area contributed by atoms with Crippen LogP contribution in [0.5, 0.6) is 5.75 Å². The summed E-state index contributed by atoms with van der Waals surface area (Å²) in [7, 11) is 1.68. The number of ether oxygens (including phenoxy) is 1. The molecule has 0 spiro atoms. The lowest BCUT2D eigenvalue weighted by Crippen LogP contribution is -2.44. The molecule has 2 heterocycles. The molecule has 0 aliphatic carbocycles. The minimum Gasteiger partial charge on any atom is -0.497 e. The van der Waals surface area contributed by atoms with Crippen LogP contribution in [0.2, 0.25) is 5.02 Å². The molecule has 152 valence electrons. The number of benzene rings is 2. The number of amides is 1. The van der Waals surface area contributed by atoms with E-state index in [4.69, 9.17) is 16.3 Å². The largest absolute Gasteiger partial charge is 0.497 e. The van der Waals surface area contributed by atoms with Crippen LogP contribution in [0.4, 0.5) is 0 Å². The summed E-state index contributed by atoms with van der Waals surface area (Å²) in [6.45, 7) is 2.99. The van der Waals surface area contributed by atoms with Crippen LogP contribution in [0.25, 0.3) is 10.9 Å². The Hall–Kier alpha value is -2.54. The minimum absolute atomic E-state index is 0.0566. The monoisotopic (exact) mass is 412 g/mol. The molecular weight excluding hydrogens is 388 g/mol. The van der Waals surface area contributed by atoms with Crippen molar-refractivity contribution in [1.29, 1.82) is 0 Å². The minimum atomic E-state index is -0.146. The molecule has 6 nitrogen and oxygen atoms in total. The predicted octanol–water partition coefficient (Wildman–Crippen LogP) is 3.55. The van der Waals surface area contributed by atoms with Crippen LogP contribution in [0, 0.1) is 0 Å². The molecule has 1 fully saturated rings. The van der Waals surface area contributed by atoms with Crippen molar-refractivity contribution < 1.29 is 9.53 Å². The topological polar surface area (TPSA) is 67.3 Å². The maximum Gasteiger partial charge on any atom is 0.225 e. The normalized spacial score (nSPS) is 18.9. The van der Waals surface area contributed by atoms with E-state index < -0.39 is 0 Å². The van der Waals surface area contributed by atoms with E-state index in [9.17, 15) is 4.79 Å². The van der Waals surface area contributed by atoms with E-state index in [1.54, 1.807) is 13.2 Å². The number of fused-ring (bicyclic) bond motifs is 1. The van der Waals surface area contributed by atoms with E-state index in [2.05, 4.69) is 45.9 Å². The lowest BCUT2D eigenvalue weighted by Gasteiger charge is -2.14. The number of aryl methyl sites for hydroxylation is 1. The average Bonchev–Trinajstić information content (AvgIpc) is 3.32. The Balaban J connectivity index is 1.46. The van der Waals surface area contributed by atoms with Crippen LogP contribution in [0.1, 0.15) is 30.6 Å². The SMILES string of the molecule is CCn1c(C2CC(NC(=O)Cc3ccccc3Cl)NN2)cc2ccc(OC)cc21. The lowest BCUT2D eigenvalue weighted by molar-refractivity contribution is -0.121. The average molecular weight is 413 g/mol. The Morgan fingerprint density at radius 2 is 2.07 bits per heavy atom. The molecule has 3 aromatic rings. The molecule has 0 bridgehead atoms. The van der Waals surface area contributed by atoms with Crippen molar-refractivity contribution in [3.8, 4) is 5.75 Å². The van der Waals surface area contributed by atoms with Crippen molar-refractivity contribution >= 4 is 28.4 Å². The first-order valence-corrected chi connectivity index (χ1v) is 10.2. The number of nitrogens with zero attached hydrogens (tertiary/aromatic N) is 1. The highest BCUT2D eigenvalue weighted by Gasteiger charge is 2.28. The Labute approximate surface area is 175 Å². The smallest absolute Gasteiger partial charge is 0.225 e. The molecule has 2 atom stereocenters. The highest BCUT2D eigenvalue weighted by atomic mass is 35.5. The quantitative estimate of drug-likeness (QED) is 0.579. The Kier molecular flexibility index (Phi) is 5.76. The molecule has 1 amide bonds. The van der Waals surface area contributed by atoms with Gasteiger partial charge >= 0.3 is 0 Å². The van der Waals surface area contributed by atoms with E-state index in [0.717, 1.165) is 29.8 Å². The van der Waals surface area contributed by atoms with E-state index in [1.165, 1.54) is 11.1 Å². The maximum absolute atomic E-state index is 12.4. The summed E-state index contributed by atoms with van der Waals surface area (Å²) in [5.74, 6) is 0.790. The summed E-state index contributed by atoms with van der Waals surface area (Å²) < 4.78 is 7.66. The van der Waals surface area contributed by atoms with Crippen molar-refractivity contribution in [2.45, 2.75) is 38.5 Å². The second-order valence-electron chi connectivity index (χ2n) is 7.20. The summed E-state index contributed by atoms with van der Waals surface area (Å²) in [6, 6.07) is 15.8. The van der Waals surface area contributed by atoms with Gasteiger partial charge in [0.2, 0.25) is 5.91 Å². The van der Waals surface area contributed by atoms with Gasteiger partial charge in [-0.25, -0.2) is 10.9 Å². The van der Waals surface area contributed by atoms with Gasteiger partial charge in [-0.15, -0.1) is 0 Å². The Bertz CT molecular complexity index is 1030. The van der Waals surface area contributed by atoms with Crippen molar-refractivity contribution in [2.24, 2.45) is 0 Å². The first-order valence-electron chi connectivity index (χ1n) is 9.80. The molecule has 1 aliphatic heterocycles. The van der Waals surface area contributed by atoms with Gasteiger partial charge in [0, 0.05) is 35.1 Å². The summed E-state index contributed by atoms with van der Waals surface area (Å²) in [4.78, 5) is 12.4. The zero-order chi connectivity index (χ0) is 20.4. The highest BCUT2D eigenvalue weighted by Crippen LogP contribution is 2.30. The number of hydrogen-bond donors (Lipinski definition) is 3. The third-order valence-corrected chi connectivity index (χ3v) is 5.73.